The van der Waals surface area contributed by atoms with Crippen molar-refractivity contribution in [3.63, 3.8) is 0 Å². The van der Waals surface area contributed by atoms with Crippen LogP contribution in [0.2, 0.25) is 5.02 Å². The molecule has 2 rings (SSSR count). The van der Waals surface area contributed by atoms with E-state index in [4.69, 9.17) is 16.3 Å². The van der Waals surface area contributed by atoms with Crippen molar-refractivity contribution in [2.24, 2.45) is 0 Å². The van der Waals surface area contributed by atoms with Gasteiger partial charge in [-0.3, -0.25) is 14.9 Å². The molecule has 0 radical (unpaired) electrons. The predicted octanol–water partition coefficient (Wildman–Crippen LogP) is 3.97. The zero-order valence-corrected chi connectivity index (χ0v) is 14.8. The number of amides is 1. The van der Waals surface area contributed by atoms with Crippen LogP contribution < -0.4 is 5.32 Å². The van der Waals surface area contributed by atoms with Crippen LogP contribution in [0, 0.1) is 15.9 Å². The summed E-state index contributed by atoms with van der Waals surface area (Å²) >= 11 is 5.83. The molecule has 0 aromatic heterocycles. The van der Waals surface area contributed by atoms with Gasteiger partial charge in [-0.1, -0.05) is 23.7 Å². The summed E-state index contributed by atoms with van der Waals surface area (Å²) in [5, 5.41) is 13.5. The summed E-state index contributed by atoms with van der Waals surface area (Å²) < 4.78 is 18.3. The molecule has 2 aromatic rings. The van der Waals surface area contributed by atoms with E-state index in [1.165, 1.54) is 13.0 Å². The summed E-state index contributed by atoms with van der Waals surface area (Å²) in [5.41, 5.74) is -0.0949. The Hall–Kier alpha value is -3.26. The minimum atomic E-state index is -1.18. The molecule has 0 saturated carbocycles. The van der Waals surface area contributed by atoms with Gasteiger partial charge >= 0.3 is 11.7 Å². The van der Waals surface area contributed by atoms with Crippen LogP contribution in [-0.2, 0) is 14.3 Å². The number of halogens is 2. The quantitative estimate of drug-likeness (QED) is 0.347. The van der Waals surface area contributed by atoms with Crippen molar-refractivity contribution in [3.05, 3.63) is 75.1 Å². The lowest BCUT2D eigenvalue weighted by Crippen LogP contribution is -2.29. The Morgan fingerprint density at radius 2 is 2.04 bits per heavy atom. The molecule has 140 valence electrons. The number of nitrogens with zero attached hydrogens (tertiary/aromatic N) is 1. The van der Waals surface area contributed by atoms with E-state index in [1.54, 1.807) is 24.3 Å². The fourth-order valence-corrected chi connectivity index (χ4v) is 2.21. The van der Waals surface area contributed by atoms with Crippen molar-refractivity contribution < 1.29 is 23.6 Å². The van der Waals surface area contributed by atoms with Gasteiger partial charge in [0.25, 0.3) is 5.91 Å². The molecule has 7 nitrogen and oxygen atoms in total. The van der Waals surface area contributed by atoms with Gasteiger partial charge in [0.05, 0.1) is 4.92 Å². The molecule has 0 aliphatic heterocycles. The van der Waals surface area contributed by atoms with E-state index in [9.17, 15) is 24.1 Å². The van der Waals surface area contributed by atoms with Crippen LogP contribution in [0.25, 0.3) is 6.08 Å². The minimum absolute atomic E-state index is 0.00506. The van der Waals surface area contributed by atoms with Gasteiger partial charge in [-0.25, -0.2) is 4.79 Å². The normalized spacial score (nSPS) is 11.8. The molecule has 1 amide bonds. The predicted molar refractivity (Wildman–Crippen MR) is 97.7 cm³/mol. The van der Waals surface area contributed by atoms with Crippen LogP contribution in [0.15, 0.2) is 48.5 Å². The average Bonchev–Trinajstić information content (AvgIpc) is 2.61. The monoisotopic (exact) mass is 392 g/mol. The topological polar surface area (TPSA) is 98.5 Å². The van der Waals surface area contributed by atoms with Gasteiger partial charge in [0, 0.05) is 22.9 Å². The van der Waals surface area contributed by atoms with E-state index < -0.39 is 34.4 Å². The molecular weight excluding hydrogens is 379 g/mol. The number of anilines is 1. The third kappa shape index (κ3) is 5.89. The number of esters is 1. The van der Waals surface area contributed by atoms with Crippen LogP contribution in [0.4, 0.5) is 15.8 Å². The number of hydrogen-bond acceptors (Lipinski definition) is 5. The van der Waals surface area contributed by atoms with E-state index >= 15 is 0 Å². The second-order valence-electron chi connectivity index (χ2n) is 5.38. The van der Waals surface area contributed by atoms with Gasteiger partial charge < -0.3 is 10.1 Å². The van der Waals surface area contributed by atoms with Crippen molar-refractivity contribution in [1.29, 1.82) is 0 Å². The molecule has 27 heavy (non-hydrogen) atoms. The lowest BCUT2D eigenvalue weighted by Gasteiger charge is -2.12. The summed E-state index contributed by atoms with van der Waals surface area (Å²) in [7, 11) is 0. The standard InChI is InChI=1S/C18H14ClFN2O5/c1-11(27-17(23)8-5-12-3-2-4-13(19)9-12)18(24)21-14-6-7-15(20)16(10-14)22(25)26/h2-11H,1H3,(H,21,24)/b8-5+/t11-/m1/s1. The van der Waals surface area contributed by atoms with Gasteiger partial charge in [-0.15, -0.1) is 0 Å². The number of nitro benzene ring substituents is 1. The molecule has 1 N–H and O–H groups in total. The minimum Gasteiger partial charge on any atom is -0.449 e. The highest BCUT2D eigenvalue weighted by atomic mass is 35.5. The Bertz CT molecular complexity index is 916. The number of ether oxygens (including phenoxy) is 1. The maximum absolute atomic E-state index is 13.3. The van der Waals surface area contributed by atoms with E-state index in [1.807, 2.05) is 0 Å². The third-order valence-corrected chi connectivity index (χ3v) is 3.57. The van der Waals surface area contributed by atoms with E-state index in [2.05, 4.69) is 5.32 Å². The van der Waals surface area contributed by atoms with Gasteiger partial charge in [-0.2, -0.15) is 4.39 Å². The lowest BCUT2D eigenvalue weighted by atomic mass is 10.2. The highest BCUT2D eigenvalue weighted by Crippen LogP contribution is 2.21. The number of hydrogen-bond donors (Lipinski definition) is 1. The molecule has 0 unspecified atom stereocenters. The fraction of sp³-hybridized carbons (Fsp3) is 0.111. The SMILES string of the molecule is C[C@@H](OC(=O)/C=C/c1cccc(Cl)c1)C(=O)Nc1ccc(F)c([N+](=O)[O-])c1. The van der Waals surface area contributed by atoms with Crippen molar-refractivity contribution in [3.8, 4) is 0 Å². The number of carbonyl (C=O) groups is 2. The maximum atomic E-state index is 13.3. The van der Waals surface area contributed by atoms with Crippen molar-refractivity contribution in [1.82, 2.24) is 0 Å². The molecule has 0 aliphatic rings. The summed E-state index contributed by atoms with van der Waals surface area (Å²) in [4.78, 5) is 33.6. The molecular formula is C18H14ClFN2O5. The molecule has 0 saturated heterocycles. The fourth-order valence-electron chi connectivity index (χ4n) is 2.02. The molecule has 0 bridgehead atoms. The molecule has 1 atom stereocenters. The molecule has 0 spiro atoms. The second kappa shape index (κ2) is 8.91. The highest BCUT2D eigenvalue weighted by Gasteiger charge is 2.19. The second-order valence-corrected chi connectivity index (χ2v) is 5.82. The van der Waals surface area contributed by atoms with E-state index in [0.717, 1.165) is 24.3 Å². The first-order valence-electron chi connectivity index (χ1n) is 7.65. The zero-order valence-electron chi connectivity index (χ0n) is 14.0. The number of nitro groups is 1. The van der Waals surface area contributed by atoms with Crippen LogP contribution >= 0.6 is 11.6 Å². The average molecular weight is 393 g/mol. The van der Waals surface area contributed by atoms with Crippen molar-refractivity contribution in [2.45, 2.75) is 13.0 Å². The first-order valence-corrected chi connectivity index (χ1v) is 8.03. The van der Waals surface area contributed by atoms with E-state index in [-0.39, 0.29) is 5.69 Å². The smallest absolute Gasteiger partial charge is 0.331 e. The van der Waals surface area contributed by atoms with Gasteiger partial charge in [0.1, 0.15) is 0 Å². The van der Waals surface area contributed by atoms with Gasteiger partial charge in [0.2, 0.25) is 5.82 Å². The molecule has 0 heterocycles. The molecule has 0 fully saturated rings. The van der Waals surface area contributed by atoms with E-state index in [0.29, 0.717) is 10.6 Å². The summed E-state index contributed by atoms with van der Waals surface area (Å²) in [5.74, 6) is -2.51. The Balaban J connectivity index is 1.96. The summed E-state index contributed by atoms with van der Waals surface area (Å²) in [6, 6.07) is 9.66. The van der Waals surface area contributed by atoms with Crippen molar-refractivity contribution >= 4 is 40.9 Å². The molecule has 9 heteroatoms. The lowest BCUT2D eigenvalue weighted by molar-refractivity contribution is -0.387. The Labute approximate surface area is 158 Å². The first-order chi connectivity index (χ1) is 12.8. The van der Waals surface area contributed by atoms with Gasteiger partial charge in [0.15, 0.2) is 6.10 Å². The third-order valence-electron chi connectivity index (χ3n) is 3.33. The highest BCUT2D eigenvalue weighted by molar-refractivity contribution is 6.30. The van der Waals surface area contributed by atoms with Crippen LogP contribution in [-0.4, -0.2) is 22.9 Å². The van der Waals surface area contributed by atoms with Crippen LogP contribution in [0.3, 0.4) is 0 Å². The number of carbonyl (C=O) groups excluding carboxylic acids is 2. The molecule has 0 aliphatic carbocycles. The first kappa shape index (κ1) is 20.1. The van der Waals surface area contributed by atoms with Gasteiger partial charge in [-0.05, 0) is 42.8 Å². The number of nitrogens with one attached hydrogen (secondary N) is 1. The Kier molecular flexibility index (Phi) is 6.62. The number of benzene rings is 2. The zero-order chi connectivity index (χ0) is 20.0. The van der Waals surface area contributed by atoms with Crippen LogP contribution in [0.1, 0.15) is 12.5 Å². The summed E-state index contributed by atoms with van der Waals surface area (Å²) in [6.07, 6.45) is 1.44. The van der Waals surface area contributed by atoms with Crippen molar-refractivity contribution in [2.75, 3.05) is 5.32 Å². The Morgan fingerprint density at radius 1 is 1.30 bits per heavy atom. The molecule has 2 aromatic carbocycles. The Morgan fingerprint density at radius 3 is 2.70 bits per heavy atom. The maximum Gasteiger partial charge on any atom is 0.331 e. The summed E-state index contributed by atoms with van der Waals surface area (Å²) in [6.45, 7) is 1.33. The largest absolute Gasteiger partial charge is 0.449 e. The number of rotatable bonds is 6. The van der Waals surface area contributed by atoms with Crippen LogP contribution in [0.5, 0.6) is 0 Å².